The van der Waals surface area contributed by atoms with Crippen molar-refractivity contribution in [2.24, 2.45) is 35.5 Å². The standard InChI is InChI=1S/C29H30F2O5S2/c1-18-23-17-24(26(28(32)36-2)27(23)29(30,31)38(33,34)35)25(18)19-13-15-22(16-14-19)37(20-9-5-3-6-10-20)21-11-7-4-8-12-21/h3-15,18,22-27H,16-17H2,1-2H3/p+1. The van der Waals surface area contributed by atoms with Crippen molar-refractivity contribution in [2.75, 3.05) is 7.11 Å². The monoisotopic (exact) mass is 561 g/mol. The molecule has 0 radical (unpaired) electrons. The number of benzene rings is 2. The number of alkyl halides is 2. The highest BCUT2D eigenvalue weighted by Gasteiger charge is 2.70. The zero-order chi connectivity index (χ0) is 27.2. The van der Waals surface area contributed by atoms with Crippen molar-refractivity contribution >= 4 is 27.0 Å². The maximum absolute atomic E-state index is 15.0. The third-order valence-corrected chi connectivity index (χ3v) is 12.0. The number of allylic oxidation sites excluding steroid dienone is 3. The van der Waals surface area contributed by atoms with E-state index in [9.17, 15) is 26.5 Å². The summed E-state index contributed by atoms with van der Waals surface area (Å²) in [7, 11) is -4.78. The molecule has 3 aliphatic rings. The van der Waals surface area contributed by atoms with E-state index >= 15 is 0 Å². The molecule has 2 bridgehead atoms. The molecule has 7 atom stereocenters. The number of hydrogen-bond acceptors (Lipinski definition) is 4. The van der Waals surface area contributed by atoms with Gasteiger partial charge in [-0.15, -0.1) is 0 Å². The highest BCUT2D eigenvalue weighted by molar-refractivity contribution is 7.97. The molecular formula is C29H31F2O5S2+. The number of rotatable bonds is 7. The molecule has 2 saturated carbocycles. The van der Waals surface area contributed by atoms with E-state index < -0.39 is 45.0 Å². The Morgan fingerprint density at radius 1 is 1.03 bits per heavy atom. The molecule has 2 fully saturated rings. The Bertz CT molecular complexity index is 1300. The second-order valence-corrected chi connectivity index (χ2v) is 14.1. The smallest absolute Gasteiger partial charge is 0.373 e. The summed E-state index contributed by atoms with van der Waals surface area (Å²) in [4.78, 5) is 15.2. The molecule has 0 heterocycles. The lowest BCUT2D eigenvalue weighted by atomic mass is 9.66. The summed E-state index contributed by atoms with van der Waals surface area (Å²) < 4.78 is 67.4. The highest BCUT2D eigenvalue weighted by Crippen LogP contribution is 2.64. The van der Waals surface area contributed by atoms with E-state index in [0.717, 1.165) is 19.1 Å². The normalized spacial score (nSPS) is 30.9. The van der Waals surface area contributed by atoms with Gasteiger partial charge in [0.1, 0.15) is 0 Å². The van der Waals surface area contributed by atoms with Crippen molar-refractivity contribution in [3.8, 4) is 0 Å². The van der Waals surface area contributed by atoms with Crippen LogP contribution in [0.5, 0.6) is 0 Å². The Balaban J connectivity index is 1.43. The first-order valence-electron chi connectivity index (χ1n) is 12.7. The Kier molecular flexibility index (Phi) is 7.30. The molecule has 202 valence electrons. The van der Waals surface area contributed by atoms with Gasteiger partial charge in [-0.2, -0.15) is 17.2 Å². The van der Waals surface area contributed by atoms with Crippen molar-refractivity contribution in [2.45, 2.75) is 40.1 Å². The summed E-state index contributed by atoms with van der Waals surface area (Å²) in [5.74, 6) is -5.66. The Morgan fingerprint density at radius 3 is 2.08 bits per heavy atom. The molecule has 9 heteroatoms. The number of hydrogen-bond donors (Lipinski definition) is 1. The minimum absolute atomic E-state index is 0.176. The number of ether oxygens (including phenoxy) is 1. The van der Waals surface area contributed by atoms with Gasteiger partial charge >= 0.3 is 21.3 Å². The third kappa shape index (κ3) is 4.52. The first kappa shape index (κ1) is 27.1. The molecule has 38 heavy (non-hydrogen) atoms. The average molecular weight is 562 g/mol. The summed E-state index contributed by atoms with van der Waals surface area (Å²) in [6.07, 6.45) is 7.45. The molecule has 0 aromatic heterocycles. The molecule has 3 aliphatic carbocycles. The van der Waals surface area contributed by atoms with Crippen LogP contribution in [0.1, 0.15) is 19.8 Å². The quantitative estimate of drug-likeness (QED) is 0.264. The zero-order valence-corrected chi connectivity index (χ0v) is 22.7. The summed E-state index contributed by atoms with van der Waals surface area (Å²) in [6.45, 7) is 1.84. The van der Waals surface area contributed by atoms with Gasteiger partial charge in [0.05, 0.1) is 29.8 Å². The molecule has 0 saturated heterocycles. The fraction of sp³-hybridized carbons (Fsp3) is 0.414. The lowest BCUT2D eigenvalue weighted by molar-refractivity contribution is -0.157. The SMILES string of the molecule is COC(=O)C1C2CC(C(C)C2C2=CCC([S+](c3ccccc3)c3ccccc3)C=C2)C1C(F)(F)S(=O)(=O)O. The second kappa shape index (κ2) is 10.2. The molecule has 0 spiro atoms. The lowest BCUT2D eigenvalue weighted by Gasteiger charge is -2.41. The summed E-state index contributed by atoms with van der Waals surface area (Å²) in [5.41, 5.74) is 0.994. The number of fused-ring (bicyclic) bond motifs is 2. The van der Waals surface area contributed by atoms with Gasteiger partial charge in [0.2, 0.25) is 0 Å². The van der Waals surface area contributed by atoms with Crippen LogP contribution in [-0.2, 0) is 30.5 Å². The number of esters is 1. The van der Waals surface area contributed by atoms with E-state index in [0.29, 0.717) is 0 Å². The van der Waals surface area contributed by atoms with Crippen LogP contribution in [0, 0.1) is 35.5 Å². The summed E-state index contributed by atoms with van der Waals surface area (Å²) >= 11 is 0. The van der Waals surface area contributed by atoms with Crippen LogP contribution < -0.4 is 0 Å². The predicted molar refractivity (Wildman–Crippen MR) is 142 cm³/mol. The molecule has 0 amide bonds. The maximum atomic E-state index is 15.0. The van der Waals surface area contributed by atoms with E-state index in [1.54, 1.807) is 0 Å². The van der Waals surface area contributed by atoms with E-state index in [1.165, 1.54) is 9.79 Å². The number of methoxy groups -OCH3 is 1. The van der Waals surface area contributed by atoms with Crippen molar-refractivity contribution in [3.05, 3.63) is 84.5 Å². The fourth-order valence-electron chi connectivity index (χ4n) is 7.01. The Labute approximate surface area is 225 Å². The molecule has 5 nitrogen and oxygen atoms in total. The van der Waals surface area contributed by atoms with Gasteiger partial charge < -0.3 is 4.74 Å². The van der Waals surface area contributed by atoms with Crippen LogP contribution in [0.2, 0.25) is 0 Å². The average Bonchev–Trinajstić information content (AvgIpc) is 3.45. The van der Waals surface area contributed by atoms with E-state index in [2.05, 4.69) is 42.5 Å². The fourth-order valence-corrected chi connectivity index (χ4v) is 10.1. The maximum Gasteiger partial charge on any atom is 0.373 e. The number of carbonyl (C=O) groups excluding carboxylic acids is 1. The number of carbonyl (C=O) groups is 1. The van der Waals surface area contributed by atoms with E-state index in [1.807, 2.05) is 43.3 Å². The summed E-state index contributed by atoms with van der Waals surface area (Å²) in [6, 6.07) is 20.7. The molecule has 2 aromatic rings. The minimum atomic E-state index is -5.69. The van der Waals surface area contributed by atoms with Crippen LogP contribution in [0.4, 0.5) is 8.78 Å². The predicted octanol–water partition coefficient (Wildman–Crippen LogP) is 5.77. The number of halogens is 2. The van der Waals surface area contributed by atoms with Gasteiger partial charge in [0, 0.05) is 6.42 Å². The Hall–Kier alpha value is -2.49. The van der Waals surface area contributed by atoms with Crippen molar-refractivity contribution in [3.63, 3.8) is 0 Å². The zero-order valence-electron chi connectivity index (χ0n) is 21.1. The summed E-state index contributed by atoms with van der Waals surface area (Å²) in [5, 5.41) is -4.21. The van der Waals surface area contributed by atoms with Crippen LogP contribution in [0.3, 0.4) is 0 Å². The molecule has 0 aliphatic heterocycles. The Morgan fingerprint density at radius 2 is 1.61 bits per heavy atom. The first-order valence-corrected chi connectivity index (χ1v) is 15.4. The third-order valence-electron chi connectivity index (χ3n) is 8.53. The van der Waals surface area contributed by atoms with Gasteiger partial charge in [-0.25, -0.2) is 0 Å². The van der Waals surface area contributed by atoms with Crippen molar-refractivity contribution in [1.29, 1.82) is 0 Å². The van der Waals surface area contributed by atoms with E-state index in [-0.39, 0.29) is 34.4 Å². The van der Waals surface area contributed by atoms with Gasteiger partial charge in [0.15, 0.2) is 15.0 Å². The second-order valence-electron chi connectivity index (χ2n) is 10.4. The molecule has 1 N–H and O–H groups in total. The van der Waals surface area contributed by atoms with Crippen LogP contribution >= 0.6 is 0 Å². The lowest BCUT2D eigenvalue weighted by Crippen LogP contribution is -2.50. The molecule has 7 unspecified atom stereocenters. The minimum Gasteiger partial charge on any atom is -0.469 e. The van der Waals surface area contributed by atoms with E-state index in [4.69, 9.17) is 4.74 Å². The first-order chi connectivity index (χ1) is 18.1. The van der Waals surface area contributed by atoms with Crippen molar-refractivity contribution in [1.82, 2.24) is 0 Å². The molecule has 2 aromatic carbocycles. The van der Waals surface area contributed by atoms with Gasteiger partial charge in [-0.1, -0.05) is 55.5 Å². The van der Waals surface area contributed by atoms with Crippen LogP contribution in [-0.4, -0.2) is 36.6 Å². The van der Waals surface area contributed by atoms with Crippen molar-refractivity contribution < 1.29 is 31.3 Å². The topological polar surface area (TPSA) is 80.7 Å². The highest BCUT2D eigenvalue weighted by atomic mass is 32.2. The largest absolute Gasteiger partial charge is 0.469 e. The molecular weight excluding hydrogens is 530 g/mol. The molecule has 5 rings (SSSR count). The van der Waals surface area contributed by atoms with Gasteiger partial charge in [-0.05, 0) is 66.0 Å². The van der Waals surface area contributed by atoms with Gasteiger partial charge in [-0.3, -0.25) is 9.35 Å². The van der Waals surface area contributed by atoms with Crippen LogP contribution in [0.15, 0.2) is 94.3 Å². The van der Waals surface area contributed by atoms with Gasteiger partial charge in [0.25, 0.3) is 0 Å². The van der Waals surface area contributed by atoms with Crippen LogP contribution in [0.25, 0.3) is 0 Å².